The third-order valence-electron chi connectivity index (χ3n) is 2.04. The van der Waals surface area contributed by atoms with E-state index in [4.69, 9.17) is 0 Å². The highest BCUT2D eigenvalue weighted by molar-refractivity contribution is 8.00. The fourth-order valence-electron chi connectivity index (χ4n) is 1.25. The van der Waals surface area contributed by atoms with Crippen molar-refractivity contribution in [3.8, 4) is 0 Å². The number of thioether (sulfide) groups is 1. The van der Waals surface area contributed by atoms with Crippen molar-refractivity contribution in [2.75, 3.05) is 24.2 Å². The fourth-order valence-corrected chi connectivity index (χ4v) is 1.68. The van der Waals surface area contributed by atoms with Crippen molar-refractivity contribution in [1.29, 1.82) is 0 Å². The molecule has 0 unspecified atom stereocenters. The highest BCUT2D eigenvalue weighted by Crippen LogP contribution is 2.29. The number of carbonyl (C=O) groups excluding carboxylic acids is 1. The summed E-state index contributed by atoms with van der Waals surface area (Å²) in [5.74, 6) is 0.00279. The highest BCUT2D eigenvalue weighted by atomic mass is 32.2. The molecule has 1 rings (SSSR count). The number of nitrogens with one attached hydrogen (secondary N) is 2. The predicted octanol–water partition coefficient (Wildman–Crippen LogP) is 2.50. The van der Waals surface area contributed by atoms with Gasteiger partial charge in [0.2, 0.25) is 0 Å². The van der Waals surface area contributed by atoms with E-state index in [9.17, 15) is 18.0 Å². The molecule has 2 N–H and O–H groups in total. The van der Waals surface area contributed by atoms with Gasteiger partial charge in [-0.1, -0.05) is 0 Å². The summed E-state index contributed by atoms with van der Waals surface area (Å²) in [6.07, 6.45) is 1.38. The average molecular weight is 293 g/mol. The summed E-state index contributed by atoms with van der Waals surface area (Å²) in [6, 6.07) is 3.21. The first-order valence-electron chi connectivity index (χ1n) is 5.61. The molecule has 1 aromatic heterocycles. The molecule has 8 heteroatoms. The van der Waals surface area contributed by atoms with Crippen LogP contribution in [0.4, 0.5) is 19.0 Å². The van der Waals surface area contributed by atoms with E-state index in [1.807, 2.05) is 6.92 Å². The maximum atomic E-state index is 11.9. The van der Waals surface area contributed by atoms with Crippen molar-refractivity contribution < 1.29 is 18.0 Å². The van der Waals surface area contributed by atoms with Crippen LogP contribution in [0.15, 0.2) is 18.3 Å². The largest absolute Gasteiger partial charge is 0.441 e. The van der Waals surface area contributed by atoms with Crippen LogP contribution in [0.1, 0.15) is 17.3 Å². The number of nitrogens with zero attached hydrogens (tertiary/aromatic N) is 1. The van der Waals surface area contributed by atoms with Crippen molar-refractivity contribution in [3.05, 3.63) is 23.9 Å². The van der Waals surface area contributed by atoms with E-state index in [2.05, 4.69) is 15.6 Å². The van der Waals surface area contributed by atoms with E-state index < -0.39 is 11.4 Å². The molecule has 0 aliphatic carbocycles. The summed E-state index contributed by atoms with van der Waals surface area (Å²) >= 11 is -0.161. The number of amides is 1. The second-order valence-electron chi connectivity index (χ2n) is 3.51. The predicted molar refractivity (Wildman–Crippen MR) is 69.2 cm³/mol. The maximum absolute atomic E-state index is 11.9. The van der Waals surface area contributed by atoms with Gasteiger partial charge >= 0.3 is 5.51 Å². The third kappa shape index (κ3) is 6.32. The number of halogens is 3. The van der Waals surface area contributed by atoms with E-state index in [0.717, 1.165) is 0 Å². The zero-order chi connectivity index (χ0) is 14.3. The number of aromatic nitrogens is 1. The summed E-state index contributed by atoms with van der Waals surface area (Å²) in [5.41, 5.74) is -3.95. The van der Waals surface area contributed by atoms with Gasteiger partial charge in [-0.05, 0) is 30.8 Å². The number of anilines is 1. The lowest BCUT2D eigenvalue weighted by Gasteiger charge is -2.07. The Balaban J connectivity index is 2.37. The maximum Gasteiger partial charge on any atom is 0.441 e. The number of hydrogen-bond acceptors (Lipinski definition) is 4. The van der Waals surface area contributed by atoms with Crippen LogP contribution in [-0.2, 0) is 0 Å². The molecule has 1 amide bonds. The number of rotatable bonds is 6. The summed E-state index contributed by atoms with van der Waals surface area (Å²) < 4.78 is 35.6. The van der Waals surface area contributed by atoms with Crippen LogP contribution in [0.25, 0.3) is 0 Å². The Morgan fingerprint density at radius 1 is 1.42 bits per heavy atom. The Labute approximate surface area is 113 Å². The molecule has 0 radical (unpaired) electrons. The lowest BCUT2D eigenvalue weighted by Crippen LogP contribution is -2.26. The van der Waals surface area contributed by atoms with E-state index in [-0.39, 0.29) is 24.1 Å². The normalized spacial score (nSPS) is 11.2. The molecule has 0 fully saturated rings. The second-order valence-corrected chi connectivity index (χ2v) is 4.67. The molecule has 0 aliphatic rings. The van der Waals surface area contributed by atoms with Crippen molar-refractivity contribution in [1.82, 2.24) is 10.3 Å². The molecule has 0 spiro atoms. The fraction of sp³-hybridized carbons (Fsp3) is 0.455. The minimum atomic E-state index is -4.26. The molecule has 0 atom stereocenters. The quantitative estimate of drug-likeness (QED) is 0.791. The standard InChI is InChI=1S/C11H14F3N3OS/c1-2-15-9-4-3-8(7-17-9)10(18)16-5-6-19-11(12,13)14/h3-4,7H,2,5-6H2,1H3,(H,15,17)(H,16,18). The van der Waals surface area contributed by atoms with Gasteiger partial charge < -0.3 is 10.6 Å². The molecular formula is C11H14F3N3OS. The molecule has 1 aromatic rings. The molecule has 0 aromatic carbocycles. The Morgan fingerprint density at radius 2 is 2.16 bits per heavy atom. The van der Waals surface area contributed by atoms with Gasteiger partial charge in [0.1, 0.15) is 5.82 Å². The van der Waals surface area contributed by atoms with Crippen LogP contribution in [0.3, 0.4) is 0 Å². The molecule has 106 valence electrons. The summed E-state index contributed by atoms with van der Waals surface area (Å²) in [4.78, 5) is 15.6. The van der Waals surface area contributed by atoms with Gasteiger partial charge in [0.05, 0.1) is 5.56 Å². The van der Waals surface area contributed by atoms with Gasteiger partial charge in [0.15, 0.2) is 0 Å². The molecule has 0 aliphatic heterocycles. The van der Waals surface area contributed by atoms with Gasteiger partial charge in [-0.2, -0.15) is 13.2 Å². The van der Waals surface area contributed by atoms with E-state index in [0.29, 0.717) is 17.9 Å². The Kier molecular flexibility index (Phi) is 5.94. The van der Waals surface area contributed by atoms with Crippen LogP contribution >= 0.6 is 11.8 Å². The molecule has 1 heterocycles. The van der Waals surface area contributed by atoms with Gasteiger partial charge in [-0.25, -0.2) is 4.98 Å². The molecule has 19 heavy (non-hydrogen) atoms. The smallest absolute Gasteiger partial charge is 0.370 e. The van der Waals surface area contributed by atoms with Crippen LogP contribution < -0.4 is 10.6 Å². The topological polar surface area (TPSA) is 54.0 Å². The average Bonchev–Trinajstić information content (AvgIpc) is 2.34. The second kappa shape index (κ2) is 7.22. The van der Waals surface area contributed by atoms with E-state index >= 15 is 0 Å². The number of alkyl halides is 3. The van der Waals surface area contributed by atoms with Crippen molar-refractivity contribution >= 4 is 23.5 Å². The molecule has 4 nitrogen and oxygen atoms in total. The van der Waals surface area contributed by atoms with Gasteiger partial charge in [-0.3, -0.25) is 4.79 Å². The number of pyridine rings is 1. The third-order valence-corrected chi connectivity index (χ3v) is 2.77. The molecule has 0 saturated carbocycles. The monoisotopic (exact) mass is 293 g/mol. The molecule has 0 bridgehead atoms. The first-order valence-corrected chi connectivity index (χ1v) is 6.59. The lowest BCUT2D eigenvalue weighted by atomic mass is 10.2. The Bertz CT molecular complexity index is 409. The highest BCUT2D eigenvalue weighted by Gasteiger charge is 2.27. The van der Waals surface area contributed by atoms with Crippen LogP contribution in [-0.4, -0.2) is 35.2 Å². The Hall–Kier alpha value is -1.44. The van der Waals surface area contributed by atoms with Gasteiger partial charge in [-0.15, -0.1) is 0 Å². The van der Waals surface area contributed by atoms with Crippen LogP contribution in [0.2, 0.25) is 0 Å². The summed E-state index contributed by atoms with van der Waals surface area (Å²) in [6.45, 7) is 2.59. The zero-order valence-corrected chi connectivity index (χ0v) is 11.1. The van der Waals surface area contributed by atoms with Gasteiger partial charge in [0, 0.05) is 25.0 Å². The van der Waals surface area contributed by atoms with Crippen LogP contribution in [0.5, 0.6) is 0 Å². The van der Waals surface area contributed by atoms with Crippen molar-refractivity contribution in [2.45, 2.75) is 12.4 Å². The first kappa shape index (κ1) is 15.6. The van der Waals surface area contributed by atoms with Crippen molar-refractivity contribution in [3.63, 3.8) is 0 Å². The minimum absolute atomic E-state index is 0.0437. The van der Waals surface area contributed by atoms with E-state index in [1.165, 1.54) is 6.20 Å². The van der Waals surface area contributed by atoms with Crippen LogP contribution in [0, 0.1) is 0 Å². The minimum Gasteiger partial charge on any atom is -0.370 e. The number of carbonyl (C=O) groups is 1. The SMILES string of the molecule is CCNc1ccc(C(=O)NCCSC(F)(F)F)cn1. The number of hydrogen-bond donors (Lipinski definition) is 2. The van der Waals surface area contributed by atoms with Crippen molar-refractivity contribution in [2.24, 2.45) is 0 Å². The first-order chi connectivity index (χ1) is 8.92. The zero-order valence-electron chi connectivity index (χ0n) is 10.3. The summed E-state index contributed by atoms with van der Waals surface area (Å²) in [7, 11) is 0. The summed E-state index contributed by atoms with van der Waals surface area (Å²) in [5, 5.41) is 5.37. The lowest BCUT2D eigenvalue weighted by molar-refractivity contribution is -0.0327. The van der Waals surface area contributed by atoms with E-state index in [1.54, 1.807) is 12.1 Å². The molecular weight excluding hydrogens is 279 g/mol. The van der Waals surface area contributed by atoms with Gasteiger partial charge in [0.25, 0.3) is 5.91 Å². The molecule has 0 saturated heterocycles. The Morgan fingerprint density at radius 3 is 2.68 bits per heavy atom.